The van der Waals surface area contributed by atoms with Crippen molar-refractivity contribution >= 4 is 17.5 Å². The molecule has 0 unspecified atom stereocenters. The van der Waals surface area contributed by atoms with E-state index in [0.29, 0.717) is 12.4 Å². The highest BCUT2D eigenvalue weighted by molar-refractivity contribution is 7.99. The van der Waals surface area contributed by atoms with E-state index in [9.17, 15) is 4.79 Å². The third kappa shape index (κ3) is 4.70. The molecule has 0 atom stereocenters. The van der Waals surface area contributed by atoms with Crippen molar-refractivity contribution in [2.75, 3.05) is 5.75 Å². The van der Waals surface area contributed by atoms with Gasteiger partial charge < -0.3 is 9.30 Å². The van der Waals surface area contributed by atoms with Gasteiger partial charge in [-0.2, -0.15) is 0 Å². The monoisotopic (exact) mass is 407 g/mol. The third-order valence-corrected chi connectivity index (χ3v) is 6.19. The van der Waals surface area contributed by atoms with E-state index in [1.807, 2.05) is 41.0 Å². The highest BCUT2D eigenvalue weighted by atomic mass is 32.2. The smallest absolute Gasteiger partial charge is 0.191 e. The summed E-state index contributed by atoms with van der Waals surface area (Å²) in [6.45, 7) is 3.15. The highest BCUT2D eigenvalue weighted by Gasteiger charge is 2.15. The molecule has 150 valence electrons. The van der Waals surface area contributed by atoms with Gasteiger partial charge in [-0.25, -0.2) is 0 Å². The SMILES string of the molecule is CCn1c(COc2ccc3c(c2)CCCC3)nnc1SCC(=O)c1ccccc1. The molecular weight excluding hydrogens is 382 g/mol. The largest absolute Gasteiger partial charge is 0.486 e. The van der Waals surface area contributed by atoms with Gasteiger partial charge in [-0.15, -0.1) is 10.2 Å². The summed E-state index contributed by atoms with van der Waals surface area (Å²) in [5.41, 5.74) is 3.57. The summed E-state index contributed by atoms with van der Waals surface area (Å²) >= 11 is 1.42. The van der Waals surface area contributed by atoms with Crippen molar-refractivity contribution in [3.63, 3.8) is 0 Å². The molecule has 0 radical (unpaired) electrons. The second-order valence-corrected chi connectivity index (χ2v) is 8.09. The van der Waals surface area contributed by atoms with E-state index in [2.05, 4.69) is 29.3 Å². The molecule has 0 saturated heterocycles. The molecule has 1 aromatic heterocycles. The van der Waals surface area contributed by atoms with Gasteiger partial charge in [0, 0.05) is 12.1 Å². The van der Waals surface area contributed by atoms with Crippen LogP contribution in [0.1, 0.15) is 47.1 Å². The number of benzene rings is 2. The number of hydrogen-bond acceptors (Lipinski definition) is 5. The van der Waals surface area contributed by atoms with Crippen molar-refractivity contribution in [1.29, 1.82) is 0 Å². The normalized spacial score (nSPS) is 13.1. The molecule has 2 aromatic carbocycles. The molecule has 4 rings (SSSR count). The Morgan fingerprint density at radius 1 is 1.07 bits per heavy atom. The number of aromatic nitrogens is 3. The number of carbonyl (C=O) groups is 1. The molecule has 0 N–H and O–H groups in total. The van der Waals surface area contributed by atoms with Crippen LogP contribution >= 0.6 is 11.8 Å². The first-order valence-electron chi connectivity index (χ1n) is 10.1. The number of carbonyl (C=O) groups excluding carboxylic acids is 1. The molecule has 1 aliphatic carbocycles. The van der Waals surface area contributed by atoms with Crippen LogP contribution in [0.15, 0.2) is 53.7 Å². The lowest BCUT2D eigenvalue weighted by Gasteiger charge is -2.16. The van der Waals surface area contributed by atoms with E-state index in [1.165, 1.54) is 42.2 Å². The molecular formula is C23H25N3O2S. The molecule has 0 saturated carbocycles. The van der Waals surface area contributed by atoms with Crippen molar-refractivity contribution in [3.8, 4) is 5.75 Å². The van der Waals surface area contributed by atoms with E-state index in [1.54, 1.807) is 0 Å². The number of rotatable bonds is 8. The van der Waals surface area contributed by atoms with Crippen LogP contribution in [0.4, 0.5) is 0 Å². The maximum Gasteiger partial charge on any atom is 0.191 e. The first kappa shape index (κ1) is 19.7. The lowest BCUT2D eigenvalue weighted by Crippen LogP contribution is -2.09. The summed E-state index contributed by atoms with van der Waals surface area (Å²) in [4.78, 5) is 12.3. The number of ketones is 1. The fourth-order valence-electron chi connectivity index (χ4n) is 3.64. The Hall–Kier alpha value is -2.60. The number of Topliss-reactive ketones (excluding diaryl/α,β-unsaturated/α-hetero) is 1. The fraction of sp³-hybridized carbons (Fsp3) is 0.348. The van der Waals surface area contributed by atoms with Gasteiger partial charge >= 0.3 is 0 Å². The molecule has 1 aliphatic rings. The number of aryl methyl sites for hydroxylation is 2. The van der Waals surface area contributed by atoms with Crippen LogP contribution in [0.2, 0.25) is 0 Å². The summed E-state index contributed by atoms with van der Waals surface area (Å²) in [6.07, 6.45) is 4.83. The van der Waals surface area contributed by atoms with E-state index in [4.69, 9.17) is 4.74 Å². The molecule has 1 heterocycles. The first-order chi connectivity index (χ1) is 14.2. The lowest BCUT2D eigenvalue weighted by molar-refractivity contribution is 0.102. The third-order valence-electron chi connectivity index (χ3n) is 5.23. The molecule has 29 heavy (non-hydrogen) atoms. The molecule has 0 bridgehead atoms. The Bertz CT molecular complexity index is 985. The number of fused-ring (bicyclic) bond motifs is 1. The van der Waals surface area contributed by atoms with Crippen LogP contribution < -0.4 is 4.74 Å². The highest BCUT2D eigenvalue weighted by Crippen LogP contribution is 2.26. The van der Waals surface area contributed by atoms with Crippen LogP contribution in [0.3, 0.4) is 0 Å². The minimum atomic E-state index is 0.0908. The predicted molar refractivity (Wildman–Crippen MR) is 115 cm³/mol. The van der Waals surface area contributed by atoms with Gasteiger partial charge in [0.15, 0.2) is 16.8 Å². The summed E-state index contributed by atoms with van der Waals surface area (Å²) in [5, 5.41) is 9.33. The zero-order valence-electron chi connectivity index (χ0n) is 16.6. The predicted octanol–water partition coefficient (Wildman–Crippen LogP) is 4.73. The molecule has 0 fully saturated rings. The van der Waals surface area contributed by atoms with Crippen LogP contribution in [0.5, 0.6) is 5.75 Å². The van der Waals surface area contributed by atoms with Crippen LogP contribution in [-0.2, 0) is 26.0 Å². The Morgan fingerprint density at radius 2 is 1.86 bits per heavy atom. The van der Waals surface area contributed by atoms with Crippen LogP contribution in [0, 0.1) is 0 Å². The standard InChI is InChI=1S/C23H25N3O2S/c1-2-26-22(15-28-20-13-12-17-8-6-7-11-19(17)14-20)24-25-23(26)29-16-21(27)18-9-4-3-5-10-18/h3-5,9-10,12-14H,2,6-8,11,15-16H2,1H3. The average molecular weight is 408 g/mol. The van der Waals surface area contributed by atoms with Gasteiger partial charge in [-0.3, -0.25) is 4.79 Å². The summed E-state index contributed by atoms with van der Waals surface area (Å²) in [7, 11) is 0. The van der Waals surface area contributed by atoms with Crippen molar-refractivity contribution in [1.82, 2.24) is 14.8 Å². The topological polar surface area (TPSA) is 57.0 Å². The number of ether oxygens (including phenoxy) is 1. The molecule has 0 amide bonds. The fourth-order valence-corrected chi connectivity index (χ4v) is 4.55. The van der Waals surface area contributed by atoms with E-state index >= 15 is 0 Å². The molecule has 0 aliphatic heterocycles. The maximum absolute atomic E-state index is 12.3. The molecule has 6 heteroatoms. The minimum Gasteiger partial charge on any atom is -0.486 e. The number of thioether (sulfide) groups is 1. The Balaban J connectivity index is 1.39. The van der Waals surface area contributed by atoms with Crippen molar-refractivity contribution < 1.29 is 9.53 Å². The van der Waals surface area contributed by atoms with Crippen molar-refractivity contribution in [2.45, 2.75) is 50.9 Å². The van der Waals surface area contributed by atoms with Crippen molar-refractivity contribution in [2.24, 2.45) is 0 Å². The van der Waals surface area contributed by atoms with E-state index < -0.39 is 0 Å². The molecule has 0 spiro atoms. The van der Waals surface area contributed by atoms with Gasteiger partial charge in [-0.05, 0) is 55.9 Å². The van der Waals surface area contributed by atoms with Crippen molar-refractivity contribution in [3.05, 3.63) is 71.0 Å². The number of hydrogen-bond donors (Lipinski definition) is 0. The lowest BCUT2D eigenvalue weighted by atomic mass is 9.92. The minimum absolute atomic E-state index is 0.0908. The molecule has 3 aromatic rings. The Kier molecular flexibility index (Phi) is 6.30. The Labute approximate surface area is 175 Å². The van der Waals surface area contributed by atoms with Crippen LogP contribution in [0.25, 0.3) is 0 Å². The zero-order chi connectivity index (χ0) is 20.1. The average Bonchev–Trinajstić information content (AvgIpc) is 3.18. The maximum atomic E-state index is 12.3. The zero-order valence-corrected chi connectivity index (χ0v) is 17.5. The van der Waals surface area contributed by atoms with Gasteiger partial charge in [0.05, 0.1) is 5.75 Å². The summed E-state index contributed by atoms with van der Waals surface area (Å²) in [6, 6.07) is 15.7. The molecule has 5 nitrogen and oxygen atoms in total. The quantitative estimate of drug-likeness (QED) is 0.399. The first-order valence-corrected chi connectivity index (χ1v) is 11.1. The van der Waals surface area contributed by atoms with Gasteiger partial charge in [-0.1, -0.05) is 48.2 Å². The van der Waals surface area contributed by atoms with Gasteiger partial charge in [0.25, 0.3) is 0 Å². The van der Waals surface area contributed by atoms with Gasteiger partial charge in [0.2, 0.25) is 0 Å². The van der Waals surface area contributed by atoms with E-state index in [0.717, 1.165) is 35.3 Å². The summed E-state index contributed by atoms with van der Waals surface area (Å²) < 4.78 is 8.02. The second kappa shape index (κ2) is 9.27. The van der Waals surface area contributed by atoms with E-state index in [-0.39, 0.29) is 5.78 Å². The second-order valence-electron chi connectivity index (χ2n) is 7.15. The van der Waals surface area contributed by atoms with Gasteiger partial charge in [0.1, 0.15) is 12.4 Å². The number of nitrogens with zero attached hydrogens (tertiary/aromatic N) is 3. The summed E-state index contributed by atoms with van der Waals surface area (Å²) in [5.74, 6) is 2.09. The Morgan fingerprint density at radius 3 is 2.66 bits per heavy atom. The van der Waals surface area contributed by atoms with Crippen LogP contribution in [-0.4, -0.2) is 26.3 Å².